The molecule has 1 saturated heterocycles. The molecular weight excluding hydrogens is 339 g/mol. The first-order chi connectivity index (χ1) is 12.7. The van der Waals surface area contributed by atoms with Crippen molar-refractivity contribution in [2.75, 3.05) is 13.3 Å². The third-order valence-corrected chi connectivity index (χ3v) is 4.63. The number of hydrogen-bond acceptors (Lipinski definition) is 5. The summed E-state index contributed by atoms with van der Waals surface area (Å²) in [6.45, 7) is -0.0734. The molecule has 1 aromatic carbocycles. The van der Waals surface area contributed by atoms with Gasteiger partial charge in [0.15, 0.2) is 11.2 Å². The first kappa shape index (κ1) is 16.9. The molecule has 0 bridgehead atoms. The van der Waals surface area contributed by atoms with Crippen molar-refractivity contribution in [1.82, 2.24) is 19.5 Å². The molecule has 0 spiro atoms. The van der Waals surface area contributed by atoms with E-state index in [1.54, 1.807) is 4.57 Å². The van der Waals surface area contributed by atoms with Gasteiger partial charge < -0.3 is 14.5 Å². The van der Waals surface area contributed by atoms with Gasteiger partial charge >= 0.3 is 0 Å². The summed E-state index contributed by atoms with van der Waals surface area (Å²) in [7, 11) is 0. The van der Waals surface area contributed by atoms with Gasteiger partial charge in [-0.15, -0.1) is 0 Å². The summed E-state index contributed by atoms with van der Waals surface area (Å²) in [5.41, 5.74) is 0.402. The quantitative estimate of drug-likeness (QED) is 0.731. The Bertz CT molecular complexity index is 942. The van der Waals surface area contributed by atoms with Crippen LogP contribution >= 0.6 is 0 Å². The highest BCUT2D eigenvalue weighted by atomic mass is 19.1. The van der Waals surface area contributed by atoms with Gasteiger partial charge in [0.1, 0.15) is 18.5 Å². The largest absolute Gasteiger partial charge is 0.374 e. The Morgan fingerprint density at radius 3 is 3.00 bits per heavy atom. The lowest BCUT2D eigenvalue weighted by Crippen LogP contribution is -2.37. The molecule has 0 radical (unpaired) electrons. The van der Waals surface area contributed by atoms with Crippen LogP contribution in [-0.4, -0.2) is 38.4 Å². The molecule has 0 aliphatic carbocycles. The minimum atomic E-state index is -0.989. The minimum Gasteiger partial charge on any atom is -0.374 e. The standard InChI is InChI=1S/C18H19FN4O3/c19-9-18(10-25-8-13-4-2-1-3-5-13)7-6-14(26-18)23-12-22-15-16(23)20-11-21-17(15)24/h1-5,11-12,14H,6-10H2,(H,20,21,24)/t14-,18+/m0/s1. The van der Waals surface area contributed by atoms with Crippen LogP contribution in [0.4, 0.5) is 4.39 Å². The Labute approximate surface area is 148 Å². The van der Waals surface area contributed by atoms with Crippen molar-refractivity contribution in [3.8, 4) is 0 Å². The molecule has 0 saturated carbocycles. The van der Waals surface area contributed by atoms with Crippen molar-refractivity contribution in [3.05, 3.63) is 58.9 Å². The van der Waals surface area contributed by atoms with E-state index in [4.69, 9.17) is 9.47 Å². The van der Waals surface area contributed by atoms with Crippen LogP contribution in [0.15, 0.2) is 47.8 Å². The van der Waals surface area contributed by atoms with E-state index in [0.29, 0.717) is 25.1 Å². The normalized spacial score (nSPS) is 22.9. The molecule has 8 heteroatoms. The fraction of sp³-hybridized carbons (Fsp3) is 0.389. The van der Waals surface area contributed by atoms with Gasteiger partial charge in [-0.3, -0.25) is 9.36 Å². The number of fused-ring (bicyclic) bond motifs is 1. The van der Waals surface area contributed by atoms with Crippen molar-refractivity contribution in [2.24, 2.45) is 0 Å². The van der Waals surface area contributed by atoms with Gasteiger partial charge in [-0.25, -0.2) is 14.4 Å². The highest BCUT2D eigenvalue weighted by Crippen LogP contribution is 2.38. The van der Waals surface area contributed by atoms with Gasteiger partial charge in [0.2, 0.25) is 0 Å². The van der Waals surface area contributed by atoms with Crippen molar-refractivity contribution in [3.63, 3.8) is 0 Å². The lowest BCUT2D eigenvalue weighted by atomic mass is 10.0. The van der Waals surface area contributed by atoms with Crippen LogP contribution in [0.1, 0.15) is 24.6 Å². The summed E-state index contributed by atoms with van der Waals surface area (Å²) in [6.07, 6.45) is 3.52. The van der Waals surface area contributed by atoms with Crippen LogP contribution in [0.2, 0.25) is 0 Å². The van der Waals surface area contributed by atoms with Gasteiger partial charge in [-0.05, 0) is 18.4 Å². The predicted octanol–water partition coefficient (Wildman–Crippen LogP) is 2.35. The molecule has 1 N–H and O–H groups in total. The van der Waals surface area contributed by atoms with E-state index in [1.807, 2.05) is 30.3 Å². The number of aromatic amines is 1. The number of halogens is 1. The third kappa shape index (κ3) is 3.13. The van der Waals surface area contributed by atoms with E-state index in [1.165, 1.54) is 12.7 Å². The average molecular weight is 358 g/mol. The van der Waals surface area contributed by atoms with Crippen LogP contribution in [0.25, 0.3) is 11.2 Å². The number of imidazole rings is 1. The predicted molar refractivity (Wildman–Crippen MR) is 92.3 cm³/mol. The fourth-order valence-electron chi connectivity index (χ4n) is 3.23. The number of H-pyrrole nitrogens is 1. The zero-order chi connectivity index (χ0) is 18.0. The van der Waals surface area contributed by atoms with Crippen LogP contribution < -0.4 is 5.56 Å². The van der Waals surface area contributed by atoms with E-state index in [9.17, 15) is 9.18 Å². The van der Waals surface area contributed by atoms with E-state index in [-0.39, 0.29) is 17.7 Å². The molecule has 1 aliphatic rings. The van der Waals surface area contributed by atoms with E-state index >= 15 is 0 Å². The number of aromatic nitrogens is 4. The Hall–Kier alpha value is -2.58. The number of rotatable bonds is 6. The van der Waals surface area contributed by atoms with Crippen molar-refractivity contribution in [2.45, 2.75) is 31.3 Å². The van der Waals surface area contributed by atoms with Crippen LogP contribution in [0.3, 0.4) is 0 Å². The van der Waals surface area contributed by atoms with Crippen molar-refractivity contribution < 1.29 is 13.9 Å². The minimum absolute atomic E-state index is 0.162. The Kier molecular flexibility index (Phi) is 4.52. The number of nitrogens with zero attached hydrogens (tertiary/aromatic N) is 3. The Morgan fingerprint density at radius 1 is 1.35 bits per heavy atom. The first-order valence-electron chi connectivity index (χ1n) is 8.46. The molecule has 136 valence electrons. The van der Waals surface area contributed by atoms with Crippen molar-refractivity contribution in [1.29, 1.82) is 0 Å². The maximum atomic E-state index is 13.8. The molecule has 2 atom stereocenters. The monoisotopic (exact) mass is 358 g/mol. The molecule has 4 rings (SSSR count). The summed E-state index contributed by atoms with van der Waals surface area (Å²) in [4.78, 5) is 22.5. The molecule has 1 aliphatic heterocycles. The van der Waals surface area contributed by atoms with Crippen LogP contribution in [0, 0.1) is 0 Å². The van der Waals surface area contributed by atoms with Gasteiger partial charge in [-0.2, -0.15) is 0 Å². The molecule has 1 fully saturated rings. The van der Waals surface area contributed by atoms with Gasteiger partial charge in [-0.1, -0.05) is 30.3 Å². The van der Waals surface area contributed by atoms with E-state index < -0.39 is 18.5 Å². The summed E-state index contributed by atoms with van der Waals surface area (Å²) in [5.74, 6) is 0. The van der Waals surface area contributed by atoms with Crippen LogP contribution in [-0.2, 0) is 16.1 Å². The van der Waals surface area contributed by atoms with E-state index in [2.05, 4.69) is 15.0 Å². The Morgan fingerprint density at radius 2 is 2.19 bits per heavy atom. The molecular formula is C18H19FN4O3. The average Bonchev–Trinajstić information content (AvgIpc) is 3.28. The lowest BCUT2D eigenvalue weighted by molar-refractivity contribution is -0.123. The maximum Gasteiger partial charge on any atom is 0.278 e. The molecule has 3 heterocycles. The summed E-state index contributed by atoms with van der Waals surface area (Å²) in [6, 6.07) is 9.73. The first-order valence-corrected chi connectivity index (χ1v) is 8.46. The summed E-state index contributed by atoms with van der Waals surface area (Å²) < 4.78 is 27.2. The maximum absolute atomic E-state index is 13.8. The van der Waals surface area contributed by atoms with Gasteiger partial charge in [0.05, 0.1) is 25.9 Å². The van der Waals surface area contributed by atoms with Gasteiger partial charge in [0, 0.05) is 0 Å². The van der Waals surface area contributed by atoms with Gasteiger partial charge in [0.25, 0.3) is 5.56 Å². The highest BCUT2D eigenvalue weighted by molar-refractivity contribution is 5.68. The second kappa shape index (κ2) is 6.97. The summed E-state index contributed by atoms with van der Waals surface area (Å²) >= 11 is 0. The Balaban J connectivity index is 1.46. The number of benzene rings is 1. The van der Waals surface area contributed by atoms with Crippen molar-refractivity contribution >= 4 is 11.2 Å². The molecule has 3 aromatic rings. The fourth-order valence-corrected chi connectivity index (χ4v) is 3.23. The molecule has 0 unspecified atom stereocenters. The van der Waals surface area contributed by atoms with Crippen LogP contribution in [0.5, 0.6) is 0 Å². The highest BCUT2D eigenvalue weighted by Gasteiger charge is 2.42. The zero-order valence-corrected chi connectivity index (χ0v) is 14.1. The molecule has 26 heavy (non-hydrogen) atoms. The second-order valence-corrected chi connectivity index (χ2v) is 6.46. The summed E-state index contributed by atoms with van der Waals surface area (Å²) in [5, 5.41) is 0. The molecule has 7 nitrogen and oxygen atoms in total. The molecule has 0 amide bonds. The number of hydrogen-bond donors (Lipinski definition) is 1. The topological polar surface area (TPSA) is 82.0 Å². The van der Waals surface area contributed by atoms with E-state index in [0.717, 1.165) is 5.56 Å². The lowest BCUT2D eigenvalue weighted by Gasteiger charge is -2.26. The third-order valence-electron chi connectivity index (χ3n) is 4.63. The molecule has 2 aromatic heterocycles. The smallest absolute Gasteiger partial charge is 0.278 e. The SMILES string of the molecule is O=c1[nH]cnc2c1ncn2[C@@H]1CC[C@@](CF)(COCc2ccccc2)O1. The second-order valence-electron chi connectivity index (χ2n) is 6.46. The number of nitrogens with one attached hydrogen (secondary N) is 1. The number of ether oxygens (including phenoxy) is 2. The zero-order valence-electron chi connectivity index (χ0n) is 14.1. The number of alkyl halides is 1.